The molecule has 2 heterocycles. The molecule has 0 amide bonds. The monoisotopic (exact) mass is 182 g/mol. The number of guanidine groups is 1. The van der Waals surface area contributed by atoms with Crippen LogP contribution in [0.1, 0.15) is 26.2 Å². The third-order valence-electron chi connectivity index (χ3n) is 2.53. The van der Waals surface area contributed by atoms with Crippen LogP contribution in [0.4, 0.5) is 0 Å². The number of aliphatic imine (C=N–C) groups is 1. The van der Waals surface area contributed by atoms with Gasteiger partial charge in [-0.25, -0.2) is 5.01 Å². The van der Waals surface area contributed by atoms with Crippen LogP contribution < -0.4 is 10.7 Å². The van der Waals surface area contributed by atoms with Crippen LogP contribution in [0.25, 0.3) is 0 Å². The largest absolute Gasteiger partial charge is 0.351 e. The van der Waals surface area contributed by atoms with Gasteiger partial charge >= 0.3 is 0 Å². The molecule has 0 bridgehead atoms. The van der Waals surface area contributed by atoms with Crippen molar-refractivity contribution >= 4 is 5.96 Å². The molecule has 2 N–H and O–H groups in total. The molecular weight excluding hydrogens is 164 g/mol. The molecule has 0 spiro atoms. The van der Waals surface area contributed by atoms with Gasteiger partial charge in [0.2, 0.25) is 5.96 Å². The summed E-state index contributed by atoms with van der Waals surface area (Å²) >= 11 is 0. The van der Waals surface area contributed by atoms with E-state index in [1.54, 1.807) is 0 Å². The molecule has 0 saturated carbocycles. The van der Waals surface area contributed by atoms with Gasteiger partial charge in [0.15, 0.2) is 0 Å². The summed E-state index contributed by atoms with van der Waals surface area (Å²) in [7, 11) is 0. The minimum Gasteiger partial charge on any atom is -0.351 e. The Bertz CT molecular complexity index is 196. The van der Waals surface area contributed by atoms with Crippen molar-refractivity contribution in [3.63, 3.8) is 0 Å². The molecule has 2 rings (SSSR count). The van der Waals surface area contributed by atoms with Crippen LogP contribution in [0.5, 0.6) is 0 Å². The lowest BCUT2D eigenvalue weighted by Crippen LogP contribution is -2.49. The summed E-state index contributed by atoms with van der Waals surface area (Å²) in [6.07, 6.45) is 3.97. The maximum absolute atomic E-state index is 4.36. The Morgan fingerprint density at radius 1 is 1.38 bits per heavy atom. The first-order chi connectivity index (χ1) is 6.34. The fraction of sp³-hybridized carbons (Fsp3) is 0.889. The Balaban J connectivity index is 1.77. The average molecular weight is 182 g/mol. The first-order valence-electron chi connectivity index (χ1n) is 5.17. The molecule has 0 aliphatic carbocycles. The van der Waals surface area contributed by atoms with E-state index in [2.05, 4.69) is 27.7 Å². The molecule has 2 aliphatic rings. The first-order valence-corrected chi connectivity index (χ1v) is 5.17. The molecule has 1 saturated heterocycles. The molecule has 4 heteroatoms. The van der Waals surface area contributed by atoms with Gasteiger partial charge in [0.1, 0.15) is 0 Å². The van der Waals surface area contributed by atoms with Gasteiger partial charge in [0, 0.05) is 19.1 Å². The van der Waals surface area contributed by atoms with E-state index in [4.69, 9.17) is 0 Å². The maximum atomic E-state index is 4.36. The van der Waals surface area contributed by atoms with Crippen LogP contribution in [0.3, 0.4) is 0 Å². The van der Waals surface area contributed by atoms with Gasteiger partial charge in [-0.15, -0.1) is 0 Å². The number of nitrogens with zero attached hydrogens (tertiary/aromatic N) is 2. The lowest BCUT2D eigenvalue weighted by molar-refractivity contribution is 0.192. The summed E-state index contributed by atoms with van der Waals surface area (Å²) < 4.78 is 0. The van der Waals surface area contributed by atoms with Gasteiger partial charge < -0.3 is 5.32 Å². The molecule has 74 valence electrons. The molecule has 2 aliphatic heterocycles. The topological polar surface area (TPSA) is 39.7 Å². The van der Waals surface area contributed by atoms with E-state index in [1.807, 2.05) is 0 Å². The van der Waals surface area contributed by atoms with E-state index in [1.165, 1.54) is 19.3 Å². The highest BCUT2D eigenvalue weighted by molar-refractivity contribution is 5.81. The Labute approximate surface area is 79.4 Å². The first kappa shape index (κ1) is 8.81. The average Bonchev–Trinajstić information content (AvgIpc) is 2.53. The van der Waals surface area contributed by atoms with Gasteiger partial charge in [-0.05, 0) is 19.8 Å². The van der Waals surface area contributed by atoms with Crippen LogP contribution in [0.2, 0.25) is 0 Å². The summed E-state index contributed by atoms with van der Waals surface area (Å²) in [5.41, 5.74) is 3.32. The lowest BCUT2D eigenvalue weighted by atomic mass is 10.2. The second-order valence-corrected chi connectivity index (χ2v) is 3.89. The van der Waals surface area contributed by atoms with E-state index in [0.717, 1.165) is 25.6 Å². The predicted octanol–water partition coefficient (Wildman–Crippen LogP) is 0.325. The zero-order valence-electron chi connectivity index (χ0n) is 8.21. The second-order valence-electron chi connectivity index (χ2n) is 3.89. The number of rotatable bonds is 1. The van der Waals surface area contributed by atoms with Gasteiger partial charge in [0.25, 0.3) is 0 Å². The van der Waals surface area contributed by atoms with Crippen molar-refractivity contribution in [1.82, 2.24) is 15.8 Å². The fourth-order valence-corrected chi connectivity index (χ4v) is 1.78. The van der Waals surface area contributed by atoms with Crippen LogP contribution in [0, 0.1) is 0 Å². The van der Waals surface area contributed by atoms with Crippen molar-refractivity contribution in [2.24, 2.45) is 4.99 Å². The standard InChI is InChI=1S/C9H18N4/c1-8-7-10-9(11-8)12-13-5-3-2-4-6-13/h8H,2-7H2,1H3,(H2,10,11,12). The van der Waals surface area contributed by atoms with Crippen molar-refractivity contribution in [3.8, 4) is 0 Å². The highest BCUT2D eigenvalue weighted by Gasteiger charge is 2.16. The third-order valence-corrected chi connectivity index (χ3v) is 2.53. The molecule has 0 aromatic rings. The minimum atomic E-state index is 0.493. The summed E-state index contributed by atoms with van der Waals surface area (Å²) in [5.74, 6) is 0.953. The van der Waals surface area contributed by atoms with E-state index < -0.39 is 0 Å². The van der Waals surface area contributed by atoms with Gasteiger partial charge in [0.05, 0.1) is 6.54 Å². The zero-order valence-corrected chi connectivity index (χ0v) is 8.21. The zero-order chi connectivity index (χ0) is 9.10. The van der Waals surface area contributed by atoms with E-state index in [0.29, 0.717) is 6.04 Å². The van der Waals surface area contributed by atoms with Gasteiger partial charge in [-0.2, -0.15) is 0 Å². The Kier molecular flexibility index (Phi) is 2.68. The van der Waals surface area contributed by atoms with Crippen molar-refractivity contribution < 1.29 is 0 Å². The normalized spacial score (nSPS) is 29.6. The molecule has 4 nitrogen and oxygen atoms in total. The summed E-state index contributed by atoms with van der Waals surface area (Å²) in [4.78, 5) is 4.36. The molecule has 1 fully saturated rings. The molecule has 0 aromatic heterocycles. The smallest absolute Gasteiger partial charge is 0.206 e. The minimum absolute atomic E-state index is 0.493. The van der Waals surface area contributed by atoms with Gasteiger partial charge in [-0.1, -0.05) is 6.42 Å². The Morgan fingerprint density at radius 3 is 2.77 bits per heavy atom. The Morgan fingerprint density at radius 2 is 2.15 bits per heavy atom. The SMILES string of the molecule is CC1CN=C(NN2CCCCC2)N1. The number of nitrogens with one attached hydrogen (secondary N) is 2. The molecule has 13 heavy (non-hydrogen) atoms. The van der Waals surface area contributed by atoms with Crippen molar-refractivity contribution in [3.05, 3.63) is 0 Å². The maximum Gasteiger partial charge on any atom is 0.206 e. The van der Waals surface area contributed by atoms with Crippen molar-refractivity contribution in [2.75, 3.05) is 19.6 Å². The van der Waals surface area contributed by atoms with Crippen LogP contribution in [0.15, 0.2) is 4.99 Å². The quantitative estimate of drug-likeness (QED) is 0.613. The van der Waals surface area contributed by atoms with E-state index in [9.17, 15) is 0 Å². The highest BCUT2D eigenvalue weighted by atomic mass is 15.6. The summed E-state index contributed by atoms with van der Waals surface area (Å²) in [6.45, 7) is 5.34. The van der Waals surface area contributed by atoms with Gasteiger partial charge in [-0.3, -0.25) is 10.4 Å². The predicted molar refractivity (Wildman–Crippen MR) is 53.5 cm³/mol. The number of piperidine rings is 1. The van der Waals surface area contributed by atoms with Crippen LogP contribution in [-0.4, -0.2) is 36.6 Å². The van der Waals surface area contributed by atoms with Crippen molar-refractivity contribution in [2.45, 2.75) is 32.2 Å². The number of hydrogen-bond acceptors (Lipinski definition) is 4. The summed E-state index contributed by atoms with van der Waals surface area (Å²) in [6, 6.07) is 0.493. The van der Waals surface area contributed by atoms with E-state index >= 15 is 0 Å². The number of hydrazine groups is 1. The number of hydrogen-bond donors (Lipinski definition) is 2. The second kappa shape index (κ2) is 3.96. The summed E-state index contributed by atoms with van der Waals surface area (Å²) in [5, 5.41) is 5.56. The molecule has 0 radical (unpaired) electrons. The van der Waals surface area contributed by atoms with Crippen LogP contribution >= 0.6 is 0 Å². The van der Waals surface area contributed by atoms with Crippen molar-refractivity contribution in [1.29, 1.82) is 0 Å². The third kappa shape index (κ3) is 2.34. The van der Waals surface area contributed by atoms with E-state index in [-0.39, 0.29) is 0 Å². The molecular formula is C9H18N4. The molecule has 1 unspecified atom stereocenters. The van der Waals surface area contributed by atoms with Crippen LogP contribution in [-0.2, 0) is 0 Å². The molecule has 1 atom stereocenters. The highest BCUT2D eigenvalue weighted by Crippen LogP contribution is 2.06. The molecule has 0 aromatic carbocycles. The Hall–Kier alpha value is -0.770. The fourth-order valence-electron chi connectivity index (χ4n) is 1.78. The lowest BCUT2D eigenvalue weighted by Gasteiger charge is -2.27.